The lowest BCUT2D eigenvalue weighted by Gasteiger charge is -2.30. The lowest BCUT2D eigenvalue weighted by molar-refractivity contribution is -0.903. The van der Waals surface area contributed by atoms with Crippen LogP contribution in [0.4, 0.5) is 0 Å². The number of hydrogen-bond acceptors (Lipinski definition) is 3. The van der Waals surface area contributed by atoms with E-state index in [1.54, 1.807) is 0 Å². The number of benzene rings is 2. The smallest absolute Gasteiger partial charge is 0.308 e. The molecule has 0 aliphatic carbocycles. The Bertz CT molecular complexity index is 848. The maximum absolute atomic E-state index is 12.4. The Labute approximate surface area is 227 Å². The van der Waals surface area contributed by atoms with Crippen molar-refractivity contribution in [1.82, 2.24) is 0 Å². The first kappa shape index (κ1) is 30.9. The van der Waals surface area contributed by atoms with Crippen LogP contribution in [0.5, 0.6) is 5.75 Å². The standard InChI is InChI=1S/C33H52NO3/c1-5-7-8-9-10-11-12-14-19-29-23-25-31(26-24-29)36-33(6-2)37-32(35)22-17-18-27-34(3,4)28-30-20-15-13-16-21-30/h13,15-16,20-21,23-26,33H,5-12,14,17-19,22,27-28H2,1-4H3/q+1. The van der Waals surface area contributed by atoms with E-state index in [2.05, 4.69) is 63.5 Å². The van der Waals surface area contributed by atoms with E-state index in [1.807, 2.05) is 19.1 Å². The fourth-order valence-corrected chi connectivity index (χ4v) is 4.71. The largest absolute Gasteiger partial charge is 0.455 e. The van der Waals surface area contributed by atoms with E-state index in [9.17, 15) is 4.79 Å². The van der Waals surface area contributed by atoms with Crippen LogP contribution in [0.25, 0.3) is 0 Å². The van der Waals surface area contributed by atoms with Crippen molar-refractivity contribution in [3.05, 3.63) is 65.7 Å². The predicted molar refractivity (Wildman–Crippen MR) is 155 cm³/mol. The summed E-state index contributed by atoms with van der Waals surface area (Å²) in [5.74, 6) is 0.589. The molecule has 0 spiro atoms. The molecule has 2 aromatic carbocycles. The Morgan fingerprint density at radius 3 is 2.05 bits per heavy atom. The molecule has 2 aromatic rings. The summed E-state index contributed by atoms with van der Waals surface area (Å²) in [6, 6.07) is 18.9. The van der Waals surface area contributed by atoms with Gasteiger partial charge < -0.3 is 14.0 Å². The van der Waals surface area contributed by atoms with E-state index < -0.39 is 6.29 Å². The van der Waals surface area contributed by atoms with Crippen molar-refractivity contribution in [2.24, 2.45) is 0 Å². The molecule has 0 aromatic heterocycles. The van der Waals surface area contributed by atoms with Crippen LogP contribution in [-0.4, -0.2) is 37.4 Å². The van der Waals surface area contributed by atoms with E-state index >= 15 is 0 Å². The summed E-state index contributed by atoms with van der Waals surface area (Å²) >= 11 is 0. The SMILES string of the molecule is CCCCCCCCCCc1ccc(OC(CC)OC(=O)CCCC[N+](C)(C)Cc2ccccc2)cc1. The first-order valence-electron chi connectivity index (χ1n) is 14.7. The van der Waals surface area contributed by atoms with Gasteiger partial charge in [-0.15, -0.1) is 0 Å². The normalized spacial score (nSPS) is 12.3. The number of esters is 1. The summed E-state index contributed by atoms with van der Waals surface area (Å²) in [6.07, 6.45) is 14.2. The molecule has 4 heteroatoms. The van der Waals surface area contributed by atoms with Crippen LogP contribution in [0, 0.1) is 0 Å². The molecule has 2 rings (SSSR count). The third-order valence-electron chi connectivity index (χ3n) is 6.95. The zero-order valence-corrected chi connectivity index (χ0v) is 24.1. The molecular weight excluding hydrogens is 458 g/mol. The minimum atomic E-state index is -0.531. The van der Waals surface area contributed by atoms with Crippen molar-refractivity contribution in [1.29, 1.82) is 0 Å². The first-order chi connectivity index (χ1) is 17.9. The third kappa shape index (κ3) is 14.3. The quantitative estimate of drug-likeness (QED) is 0.0775. The van der Waals surface area contributed by atoms with Gasteiger partial charge in [0, 0.05) is 18.4 Å². The highest BCUT2D eigenvalue weighted by molar-refractivity contribution is 5.69. The molecule has 0 saturated heterocycles. The molecule has 37 heavy (non-hydrogen) atoms. The molecule has 0 fully saturated rings. The van der Waals surface area contributed by atoms with Gasteiger partial charge in [0.25, 0.3) is 0 Å². The number of nitrogens with zero attached hydrogens (tertiary/aromatic N) is 1. The Balaban J connectivity index is 1.61. The number of aryl methyl sites for hydroxylation is 1. The van der Waals surface area contributed by atoms with Gasteiger partial charge in [-0.2, -0.15) is 0 Å². The van der Waals surface area contributed by atoms with Crippen molar-refractivity contribution >= 4 is 5.97 Å². The van der Waals surface area contributed by atoms with Gasteiger partial charge in [-0.3, -0.25) is 4.79 Å². The highest BCUT2D eigenvalue weighted by Gasteiger charge is 2.17. The predicted octanol–water partition coefficient (Wildman–Crippen LogP) is 8.47. The molecule has 0 aliphatic heterocycles. The summed E-state index contributed by atoms with van der Waals surface area (Å²) in [5.41, 5.74) is 2.69. The minimum Gasteiger partial charge on any atom is -0.455 e. The summed E-state index contributed by atoms with van der Waals surface area (Å²) in [7, 11) is 4.49. The number of hydrogen-bond donors (Lipinski definition) is 0. The fourth-order valence-electron chi connectivity index (χ4n) is 4.71. The van der Waals surface area contributed by atoms with Crippen LogP contribution in [0.3, 0.4) is 0 Å². The second-order valence-electron chi connectivity index (χ2n) is 11.1. The van der Waals surface area contributed by atoms with E-state index in [0.717, 1.165) is 42.6 Å². The Morgan fingerprint density at radius 1 is 0.757 bits per heavy atom. The summed E-state index contributed by atoms with van der Waals surface area (Å²) in [4.78, 5) is 12.4. The molecular formula is C33H52NO3+. The summed E-state index contributed by atoms with van der Waals surface area (Å²) in [6.45, 7) is 6.27. The van der Waals surface area contributed by atoms with Crippen LogP contribution in [0.2, 0.25) is 0 Å². The molecule has 206 valence electrons. The highest BCUT2D eigenvalue weighted by atomic mass is 16.7. The van der Waals surface area contributed by atoms with E-state index in [4.69, 9.17) is 9.47 Å². The van der Waals surface area contributed by atoms with E-state index in [1.165, 1.54) is 62.5 Å². The van der Waals surface area contributed by atoms with Gasteiger partial charge in [-0.1, -0.05) is 101 Å². The van der Waals surface area contributed by atoms with Crippen LogP contribution >= 0.6 is 0 Å². The molecule has 4 nitrogen and oxygen atoms in total. The van der Waals surface area contributed by atoms with Gasteiger partial charge in [-0.25, -0.2) is 0 Å². The van der Waals surface area contributed by atoms with Gasteiger partial charge in [0.05, 0.1) is 20.6 Å². The summed E-state index contributed by atoms with van der Waals surface area (Å²) < 4.78 is 12.5. The fraction of sp³-hybridized carbons (Fsp3) is 0.606. The second-order valence-corrected chi connectivity index (χ2v) is 11.1. The van der Waals surface area contributed by atoms with Crippen molar-refractivity contribution < 1.29 is 18.8 Å². The molecule has 1 atom stereocenters. The third-order valence-corrected chi connectivity index (χ3v) is 6.95. The van der Waals surface area contributed by atoms with Gasteiger partial charge in [0.2, 0.25) is 6.29 Å². The summed E-state index contributed by atoms with van der Waals surface area (Å²) in [5, 5.41) is 0. The second kappa shape index (κ2) is 18.0. The van der Waals surface area contributed by atoms with Crippen molar-refractivity contribution in [3.8, 4) is 5.75 Å². The van der Waals surface area contributed by atoms with Crippen LogP contribution < -0.4 is 4.74 Å². The van der Waals surface area contributed by atoms with E-state index in [0.29, 0.717) is 12.8 Å². The number of carbonyl (C=O) groups is 1. The molecule has 0 N–H and O–H groups in total. The molecule has 0 aliphatic rings. The van der Waals surface area contributed by atoms with Gasteiger partial charge >= 0.3 is 5.97 Å². The van der Waals surface area contributed by atoms with Gasteiger partial charge in [0.1, 0.15) is 12.3 Å². The Morgan fingerprint density at radius 2 is 1.41 bits per heavy atom. The average Bonchev–Trinajstić information content (AvgIpc) is 2.89. The number of rotatable bonds is 20. The molecule has 0 radical (unpaired) electrons. The van der Waals surface area contributed by atoms with Gasteiger partial charge in [0.15, 0.2) is 0 Å². The maximum atomic E-state index is 12.4. The maximum Gasteiger partial charge on any atom is 0.308 e. The average molecular weight is 511 g/mol. The highest BCUT2D eigenvalue weighted by Crippen LogP contribution is 2.18. The zero-order chi connectivity index (χ0) is 26.8. The molecule has 0 heterocycles. The van der Waals surface area contributed by atoms with Crippen molar-refractivity contribution in [3.63, 3.8) is 0 Å². The number of ether oxygens (including phenoxy) is 2. The first-order valence-corrected chi connectivity index (χ1v) is 14.7. The minimum absolute atomic E-state index is 0.175. The number of unbranched alkanes of at least 4 members (excludes halogenated alkanes) is 8. The molecule has 1 unspecified atom stereocenters. The van der Waals surface area contributed by atoms with Crippen molar-refractivity contribution in [2.45, 2.75) is 110 Å². The number of carbonyl (C=O) groups excluding carboxylic acids is 1. The molecule has 0 amide bonds. The lowest BCUT2D eigenvalue weighted by atomic mass is 10.0. The van der Waals surface area contributed by atoms with Crippen molar-refractivity contribution in [2.75, 3.05) is 20.6 Å². The Kier molecular flexibility index (Phi) is 15.0. The molecule has 0 saturated carbocycles. The van der Waals surface area contributed by atoms with Gasteiger partial charge in [-0.05, 0) is 43.4 Å². The molecule has 0 bridgehead atoms. The topological polar surface area (TPSA) is 35.5 Å². The van der Waals surface area contributed by atoms with Crippen LogP contribution in [0.1, 0.15) is 102 Å². The Hall–Kier alpha value is -2.33. The monoisotopic (exact) mass is 510 g/mol. The van der Waals surface area contributed by atoms with E-state index in [-0.39, 0.29) is 5.97 Å². The zero-order valence-electron chi connectivity index (χ0n) is 24.1. The number of quaternary nitrogens is 1. The lowest BCUT2D eigenvalue weighted by Crippen LogP contribution is -2.39. The van der Waals surface area contributed by atoms with Crippen LogP contribution in [-0.2, 0) is 22.5 Å². The van der Waals surface area contributed by atoms with Crippen LogP contribution in [0.15, 0.2) is 54.6 Å².